The Kier molecular flexibility index (Phi) is 3.23. The van der Waals surface area contributed by atoms with E-state index in [1.807, 2.05) is 6.07 Å². The van der Waals surface area contributed by atoms with Crippen LogP contribution in [-0.4, -0.2) is 20.6 Å². The third-order valence-electron chi connectivity index (χ3n) is 4.13. The van der Waals surface area contributed by atoms with E-state index in [1.54, 1.807) is 18.5 Å². The van der Waals surface area contributed by atoms with Gasteiger partial charge in [0.25, 0.3) is 0 Å². The second-order valence-electron chi connectivity index (χ2n) is 5.36. The normalized spacial score (nSPS) is 16.2. The van der Waals surface area contributed by atoms with Gasteiger partial charge in [-0.05, 0) is 24.5 Å². The Morgan fingerprint density at radius 1 is 1.37 bits per heavy atom. The van der Waals surface area contributed by atoms with Crippen LogP contribution in [0.2, 0.25) is 0 Å². The van der Waals surface area contributed by atoms with Gasteiger partial charge in [-0.2, -0.15) is 0 Å². The van der Waals surface area contributed by atoms with Crippen LogP contribution in [0.5, 0.6) is 0 Å². The van der Waals surface area contributed by atoms with E-state index >= 15 is 0 Å². The molecule has 4 nitrogen and oxygen atoms in total. The van der Waals surface area contributed by atoms with E-state index in [1.165, 1.54) is 32.1 Å². The Morgan fingerprint density at radius 3 is 2.89 bits per heavy atom. The topological polar surface area (TPSA) is 55.1 Å². The summed E-state index contributed by atoms with van der Waals surface area (Å²) in [6.07, 6.45) is 8.34. The maximum Gasteiger partial charge on any atom is 0.337 e. The molecule has 2 aromatic rings. The van der Waals surface area contributed by atoms with Gasteiger partial charge >= 0.3 is 5.97 Å². The SMILES string of the molecule is O=C(O)c1cccc2c1ncn2CCC1CCCC1. The summed E-state index contributed by atoms with van der Waals surface area (Å²) in [6, 6.07) is 5.35. The first-order chi connectivity index (χ1) is 9.25. The molecule has 1 N–H and O–H groups in total. The van der Waals surface area contributed by atoms with Gasteiger partial charge in [-0.3, -0.25) is 0 Å². The standard InChI is InChI=1S/C15H18N2O2/c18-15(19)12-6-3-7-13-14(12)16-10-17(13)9-8-11-4-1-2-5-11/h3,6-7,10-11H,1-2,4-5,8-9H2,(H,18,19). The minimum Gasteiger partial charge on any atom is -0.478 e. The maximum atomic E-state index is 11.1. The fourth-order valence-electron chi connectivity index (χ4n) is 3.06. The van der Waals surface area contributed by atoms with Crippen molar-refractivity contribution in [3.8, 4) is 0 Å². The van der Waals surface area contributed by atoms with Crippen molar-refractivity contribution >= 4 is 17.0 Å². The zero-order valence-corrected chi connectivity index (χ0v) is 10.9. The maximum absolute atomic E-state index is 11.1. The molecule has 100 valence electrons. The van der Waals surface area contributed by atoms with Gasteiger partial charge in [-0.1, -0.05) is 31.7 Å². The molecule has 1 aliphatic carbocycles. The van der Waals surface area contributed by atoms with Gasteiger partial charge in [-0.25, -0.2) is 9.78 Å². The van der Waals surface area contributed by atoms with Gasteiger partial charge in [0.05, 0.1) is 17.4 Å². The molecule has 3 rings (SSSR count). The van der Waals surface area contributed by atoms with Crippen LogP contribution in [0.4, 0.5) is 0 Å². The Hall–Kier alpha value is -1.84. The molecule has 0 saturated heterocycles. The van der Waals surface area contributed by atoms with Crippen molar-refractivity contribution in [2.24, 2.45) is 5.92 Å². The van der Waals surface area contributed by atoms with Crippen LogP contribution in [0.25, 0.3) is 11.0 Å². The fraction of sp³-hybridized carbons (Fsp3) is 0.467. The summed E-state index contributed by atoms with van der Waals surface area (Å²) in [5.74, 6) is -0.0771. The lowest BCUT2D eigenvalue weighted by molar-refractivity contribution is 0.0699. The van der Waals surface area contributed by atoms with Crippen molar-refractivity contribution in [1.29, 1.82) is 0 Å². The van der Waals surface area contributed by atoms with Gasteiger partial charge in [0.2, 0.25) is 0 Å². The highest BCUT2D eigenvalue weighted by Gasteiger charge is 2.16. The average Bonchev–Trinajstić information content (AvgIpc) is 3.05. The number of carbonyl (C=O) groups is 1. The molecular weight excluding hydrogens is 240 g/mol. The van der Waals surface area contributed by atoms with E-state index in [2.05, 4.69) is 9.55 Å². The van der Waals surface area contributed by atoms with E-state index in [-0.39, 0.29) is 5.56 Å². The quantitative estimate of drug-likeness (QED) is 0.915. The smallest absolute Gasteiger partial charge is 0.337 e. The fourth-order valence-corrected chi connectivity index (χ4v) is 3.06. The number of hydrogen-bond acceptors (Lipinski definition) is 2. The number of rotatable bonds is 4. The molecule has 0 amide bonds. The lowest BCUT2D eigenvalue weighted by Crippen LogP contribution is -2.03. The second-order valence-corrected chi connectivity index (χ2v) is 5.36. The first-order valence-corrected chi connectivity index (χ1v) is 6.93. The molecule has 0 atom stereocenters. The number of carboxylic acids is 1. The van der Waals surface area contributed by atoms with Gasteiger partial charge in [0.1, 0.15) is 5.52 Å². The minimum atomic E-state index is -0.911. The third kappa shape index (κ3) is 2.35. The number of aryl methyl sites for hydroxylation is 1. The van der Waals surface area contributed by atoms with Crippen LogP contribution in [0, 0.1) is 5.92 Å². The summed E-state index contributed by atoms with van der Waals surface area (Å²) in [5, 5.41) is 9.15. The first kappa shape index (κ1) is 12.2. The van der Waals surface area contributed by atoms with Crippen LogP contribution in [0.3, 0.4) is 0 Å². The summed E-state index contributed by atoms with van der Waals surface area (Å²) in [5.41, 5.74) is 1.82. The lowest BCUT2D eigenvalue weighted by atomic mass is 10.0. The molecule has 0 bridgehead atoms. The van der Waals surface area contributed by atoms with Crippen LogP contribution >= 0.6 is 0 Å². The Bertz CT molecular complexity index is 597. The molecule has 1 fully saturated rings. The van der Waals surface area contributed by atoms with E-state index in [0.717, 1.165) is 18.0 Å². The van der Waals surface area contributed by atoms with Crippen LogP contribution in [0.1, 0.15) is 42.5 Å². The Labute approximate surface area is 112 Å². The third-order valence-corrected chi connectivity index (χ3v) is 4.13. The van der Waals surface area contributed by atoms with Crippen molar-refractivity contribution in [1.82, 2.24) is 9.55 Å². The molecule has 0 radical (unpaired) electrons. The predicted octanol–water partition coefficient (Wildman–Crippen LogP) is 3.31. The molecule has 0 aliphatic heterocycles. The highest BCUT2D eigenvalue weighted by Crippen LogP contribution is 2.28. The van der Waals surface area contributed by atoms with Gasteiger partial charge in [-0.15, -0.1) is 0 Å². The monoisotopic (exact) mass is 258 g/mol. The van der Waals surface area contributed by atoms with Crippen LogP contribution < -0.4 is 0 Å². The van der Waals surface area contributed by atoms with Crippen molar-refractivity contribution < 1.29 is 9.90 Å². The predicted molar refractivity (Wildman–Crippen MR) is 73.3 cm³/mol. The van der Waals surface area contributed by atoms with Gasteiger partial charge < -0.3 is 9.67 Å². The number of nitrogens with zero attached hydrogens (tertiary/aromatic N) is 2. The summed E-state index contributed by atoms with van der Waals surface area (Å²) in [4.78, 5) is 15.4. The number of para-hydroxylation sites is 1. The number of hydrogen-bond donors (Lipinski definition) is 1. The molecule has 1 saturated carbocycles. The second kappa shape index (κ2) is 5.03. The molecule has 0 spiro atoms. The molecular formula is C15H18N2O2. The van der Waals surface area contributed by atoms with Crippen molar-refractivity contribution in [2.75, 3.05) is 0 Å². The number of aromatic nitrogens is 2. The zero-order valence-electron chi connectivity index (χ0n) is 10.9. The first-order valence-electron chi connectivity index (χ1n) is 6.93. The summed E-state index contributed by atoms with van der Waals surface area (Å²) >= 11 is 0. The molecule has 4 heteroatoms. The molecule has 1 aromatic carbocycles. The number of benzene rings is 1. The number of carboxylic acid groups (broad SMARTS) is 1. The van der Waals surface area contributed by atoms with Crippen molar-refractivity contribution in [2.45, 2.75) is 38.6 Å². The summed E-state index contributed by atoms with van der Waals surface area (Å²) < 4.78 is 2.08. The van der Waals surface area contributed by atoms with Gasteiger partial charge in [0.15, 0.2) is 0 Å². The summed E-state index contributed by atoms with van der Waals surface area (Å²) in [7, 11) is 0. The average molecular weight is 258 g/mol. The molecule has 19 heavy (non-hydrogen) atoms. The molecule has 1 aliphatic rings. The highest BCUT2D eigenvalue weighted by atomic mass is 16.4. The van der Waals surface area contributed by atoms with Crippen molar-refractivity contribution in [3.63, 3.8) is 0 Å². The zero-order chi connectivity index (χ0) is 13.2. The van der Waals surface area contributed by atoms with E-state index in [4.69, 9.17) is 5.11 Å². The van der Waals surface area contributed by atoms with Gasteiger partial charge in [0, 0.05) is 6.54 Å². The van der Waals surface area contributed by atoms with Crippen molar-refractivity contribution in [3.05, 3.63) is 30.1 Å². The van der Waals surface area contributed by atoms with Crippen LogP contribution in [0.15, 0.2) is 24.5 Å². The summed E-state index contributed by atoms with van der Waals surface area (Å²) in [6.45, 7) is 0.935. The molecule has 1 heterocycles. The largest absolute Gasteiger partial charge is 0.478 e. The Balaban J connectivity index is 1.84. The van der Waals surface area contributed by atoms with Crippen LogP contribution in [-0.2, 0) is 6.54 Å². The highest BCUT2D eigenvalue weighted by molar-refractivity contribution is 6.00. The lowest BCUT2D eigenvalue weighted by Gasteiger charge is -2.09. The minimum absolute atomic E-state index is 0.289. The number of imidazole rings is 1. The number of fused-ring (bicyclic) bond motifs is 1. The van der Waals surface area contributed by atoms with E-state index < -0.39 is 5.97 Å². The van der Waals surface area contributed by atoms with E-state index in [9.17, 15) is 4.79 Å². The molecule has 0 unspecified atom stereocenters. The Morgan fingerprint density at radius 2 is 2.16 bits per heavy atom. The van der Waals surface area contributed by atoms with E-state index in [0.29, 0.717) is 5.52 Å². The molecule has 1 aromatic heterocycles. The number of aromatic carboxylic acids is 1.